The number of nitro groups is 1. The van der Waals surface area contributed by atoms with Gasteiger partial charge < -0.3 is 5.32 Å². The molecule has 0 aromatic heterocycles. The molecule has 0 aliphatic carbocycles. The van der Waals surface area contributed by atoms with Gasteiger partial charge in [0.05, 0.1) is 0 Å². The summed E-state index contributed by atoms with van der Waals surface area (Å²) in [4.78, 5) is 32.9. The molecule has 9 heteroatoms. The molecule has 1 fully saturated rings. The average Bonchev–Trinajstić information content (AvgIpc) is 2.36. The fourth-order valence-corrected chi connectivity index (χ4v) is 2.39. The Morgan fingerprint density at radius 3 is 2.43 bits per heavy atom. The van der Waals surface area contributed by atoms with Gasteiger partial charge in [0.25, 0.3) is 0 Å². The highest BCUT2D eigenvalue weighted by atomic mass is 35.5. The molecular weight excluding hydrogens is 321 g/mol. The number of rotatable bonds is 3. The van der Waals surface area contributed by atoms with E-state index in [0.29, 0.717) is 15.6 Å². The van der Waals surface area contributed by atoms with E-state index in [2.05, 4.69) is 5.32 Å². The molecular formula is C12H9Cl2N3O4. The molecule has 1 aromatic rings. The third-order valence-electron chi connectivity index (χ3n) is 2.84. The third-order valence-corrected chi connectivity index (χ3v) is 3.50. The topological polar surface area (TPSA) is 101 Å². The van der Waals surface area contributed by atoms with E-state index in [4.69, 9.17) is 23.2 Å². The molecule has 21 heavy (non-hydrogen) atoms. The molecule has 2 unspecified atom stereocenters. The van der Waals surface area contributed by atoms with Crippen molar-refractivity contribution >= 4 is 41.2 Å². The zero-order chi connectivity index (χ0) is 15.6. The van der Waals surface area contributed by atoms with Gasteiger partial charge in [-0.3, -0.25) is 20.2 Å². The number of carbonyl (C=O) groups is 2. The van der Waals surface area contributed by atoms with Crippen LogP contribution in [0.15, 0.2) is 24.3 Å². The van der Waals surface area contributed by atoms with Gasteiger partial charge in [-0.05, 0) is 12.1 Å². The van der Waals surface area contributed by atoms with E-state index in [1.165, 1.54) is 12.2 Å². The van der Waals surface area contributed by atoms with Crippen molar-refractivity contribution in [2.45, 2.75) is 12.1 Å². The summed E-state index contributed by atoms with van der Waals surface area (Å²) in [6, 6.07) is 1.36. The first-order valence-corrected chi connectivity index (χ1v) is 6.53. The molecule has 0 radical (unpaired) electrons. The van der Waals surface area contributed by atoms with Crippen LogP contribution in [0.25, 0.3) is 6.08 Å². The van der Waals surface area contributed by atoms with Crippen molar-refractivity contribution < 1.29 is 14.5 Å². The minimum absolute atomic E-state index is 0.350. The van der Waals surface area contributed by atoms with E-state index < -0.39 is 28.9 Å². The quantitative estimate of drug-likeness (QED) is 0.652. The zero-order valence-electron chi connectivity index (χ0n) is 10.4. The van der Waals surface area contributed by atoms with Gasteiger partial charge in [-0.15, -0.1) is 0 Å². The summed E-state index contributed by atoms with van der Waals surface area (Å²) in [6.07, 6.45) is 2.75. The monoisotopic (exact) mass is 329 g/mol. The van der Waals surface area contributed by atoms with Gasteiger partial charge in [0.2, 0.25) is 0 Å². The Hall–Kier alpha value is -2.12. The largest absolute Gasteiger partial charge is 0.324 e. The molecule has 1 saturated heterocycles. The maximum absolute atomic E-state index is 11.5. The lowest BCUT2D eigenvalue weighted by Gasteiger charge is -2.23. The Morgan fingerprint density at radius 1 is 1.24 bits per heavy atom. The van der Waals surface area contributed by atoms with Crippen LogP contribution in [0.5, 0.6) is 0 Å². The van der Waals surface area contributed by atoms with E-state index >= 15 is 0 Å². The first kappa shape index (κ1) is 15.3. The summed E-state index contributed by atoms with van der Waals surface area (Å²) in [5, 5.41) is 15.8. The SMILES string of the molecule is O=C1NC(=O)C([N+](=O)[O-])C(/C=C\c2c(Cl)cccc2Cl)N1. The molecule has 0 bridgehead atoms. The Bertz CT molecular complexity index is 627. The Kier molecular flexibility index (Phi) is 4.44. The molecule has 2 atom stereocenters. The van der Waals surface area contributed by atoms with Crippen LogP contribution >= 0.6 is 23.2 Å². The molecule has 2 rings (SSSR count). The molecule has 0 spiro atoms. The maximum Gasteiger partial charge on any atom is 0.322 e. The minimum atomic E-state index is -1.61. The van der Waals surface area contributed by atoms with Crippen LogP contribution < -0.4 is 10.6 Å². The number of halogens is 2. The first-order chi connectivity index (χ1) is 9.90. The predicted octanol–water partition coefficient (Wildman–Crippen LogP) is 1.86. The Labute approximate surface area is 129 Å². The molecule has 3 amide bonds. The second-order valence-electron chi connectivity index (χ2n) is 4.21. The van der Waals surface area contributed by atoms with Gasteiger partial charge in [0, 0.05) is 20.5 Å². The number of nitrogens with one attached hydrogen (secondary N) is 2. The summed E-state index contributed by atoms with van der Waals surface area (Å²) >= 11 is 11.9. The molecule has 2 N–H and O–H groups in total. The fraction of sp³-hybridized carbons (Fsp3) is 0.167. The fourth-order valence-electron chi connectivity index (χ4n) is 1.87. The molecule has 1 aliphatic rings. The summed E-state index contributed by atoms with van der Waals surface area (Å²) in [5.74, 6) is -0.969. The molecule has 110 valence electrons. The molecule has 1 aliphatic heterocycles. The van der Waals surface area contributed by atoms with E-state index in [-0.39, 0.29) is 0 Å². The van der Waals surface area contributed by atoms with E-state index in [0.717, 1.165) is 0 Å². The standard InChI is InChI=1S/C12H9Cl2N3O4/c13-7-2-1-3-8(14)6(7)4-5-9-10(17(20)21)11(18)16-12(19)15-9/h1-5,9-10H,(H2,15,16,18,19)/b5-4-. The highest BCUT2D eigenvalue weighted by Crippen LogP contribution is 2.25. The summed E-state index contributed by atoms with van der Waals surface area (Å²) in [5.41, 5.74) is 0.447. The number of carbonyl (C=O) groups excluding carboxylic acids is 2. The van der Waals surface area contributed by atoms with Crippen molar-refractivity contribution in [2.24, 2.45) is 0 Å². The normalized spacial score (nSPS) is 22.0. The number of imide groups is 1. The van der Waals surface area contributed by atoms with Crippen LogP contribution in [0.1, 0.15) is 5.56 Å². The summed E-state index contributed by atoms with van der Waals surface area (Å²) < 4.78 is 0. The first-order valence-electron chi connectivity index (χ1n) is 5.77. The lowest BCUT2D eigenvalue weighted by Crippen LogP contribution is -2.62. The summed E-state index contributed by atoms with van der Waals surface area (Å²) in [6.45, 7) is 0. The van der Waals surface area contributed by atoms with Crippen LogP contribution in [0.2, 0.25) is 10.0 Å². The average molecular weight is 330 g/mol. The predicted molar refractivity (Wildman–Crippen MR) is 76.7 cm³/mol. The van der Waals surface area contributed by atoms with Crippen molar-refractivity contribution in [2.75, 3.05) is 0 Å². The maximum atomic E-state index is 11.5. The zero-order valence-corrected chi connectivity index (χ0v) is 11.9. The minimum Gasteiger partial charge on any atom is -0.324 e. The lowest BCUT2D eigenvalue weighted by atomic mass is 10.0. The van der Waals surface area contributed by atoms with Crippen LogP contribution in [-0.2, 0) is 4.79 Å². The van der Waals surface area contributed by atoms with Gasteiger partial charge in [0.15, 0.2) is 0 Å². The van der Waals surface area contributed by atoms with Crippen molar-refractivity contribution in [1.82, 2.24) is 10.6 Å². The molecule has 1 heterocycles. The molecule has 1 aromatic carbocycles. The van der Waals surface area contributed by atoms with Crippen LogP contribution in [0.4, 0.5) is 4.79 Å². The second kappa shape index (κ2) is 6.11. The molecule has 0 saturated carbocycles. The smallest absolute Gasteiger partial charge is 0.322 e. The van der Waals surface area contributed by atoms with Crippen molar-refractivity contribution in [3.8, 4) is 0 Å². The van der Waals surface area contributed by atoms with Crippen LogP contribution in [-0.4, -0.2) is 28.9 Å². The summed E-state index contributed by atoms with van der Waals surface area (Å²) in [7, 11) is 0. The third kappa shape index (κ3) is 3.32. The van der Waals surface area contributed by atoms with Gasteiger partial charge in [0.1, 0.15) is 6.04 Å². The van der Waals surface area contributed by atoms with Gasteiger partial charge >= 0.3 is 18.0 Å². The lowest BCUT2D eigenvalue weighted by molar-refractivity contribution is -0.510. The number of nitrogens with zero attached hydrogens (tertiary/aromatic N) is 1. The number of benzene rings is 1. The second-order valence-corrected chi connectivity index (χ2v) is 5.03. The Balaban J connectivity index is 2.31. The van der Waals surface area contributed by atoms with E-state index in [1.807, 2.05) is 5.32 Å². The number of amides is 3. The highest BCUT2D eigenvalue weighted by Gasteiger charge is 2.43. The van der Waals surface area contributed by atoms with E-state index in [9.17, 15) is 19.7 Å². The Morgan fingerprint density at radius 2 is 1.86 bits per heavy atom. The van der Waals surface area contributed by atoms with Gasteiger partial charge in [-0.2, -0.15) is 0 Å². The number of urea groups is 1. The van der Waals surface area contributed by atoms with Gasteiger partial charge in [-0.1, -0.05) is 41.4 Å². The molecule has 7 nitrogen and oxygen atoms in total. The van der Waals surface area contributed by atoms with Crippen molar-refractivity contribution in [3.05, 3.63) is 50.0 Å². The number of hydrogen-bond acceptors (Lipinski definition) is 4. The van der Waals surface area contributed by atoms with Gasteiger partial charge in [-0.25, -0.2) is 4.79 Å². The number of hydrogen-bond donors (Lipinski definition) is 2. The van der Waals surface area contributed by atoms with E-state index in [1.54, 1.807) is 18.2 Å². The highest BCUT2D eigenvalue weighted by molar-refractivity contribution is 6.37. The van der Waals surface area contributed by atoms with Crippen LogP contribution in [0, 0.1) is 10.1 Å². The van der Waals surface area contributed by atoms with Crippen molar-refractivity contribution in [3.63, 3.8) is 0 Å². The van der Waals surface area contributed by atoms with Crippen LogP contribution in [0.3, 0.4) is 0 Å². The van der Waals surface area contributed by atoms with Crippen molar-refractivity contribution in [1.29, 1.82) is 0 Å².